The molecule has 1 amide bonds. The highest BCUT2D eigenvalue weighted by molar-refractivity contribution is 5.80. The van der Waals surface area contributed by atoms with Gasteiger partial charge in [-0.25, -0.2) is 0 Å². The number of hydrogen-bond donors (Lipinski definition) is 2. The first-order valence-electron chi connectivity index (χ1n) is 7.83. The van der Waals surface area contributed by atoms with Crippen LogP contribution in [0.4, 0.5) is 0 Å². The largest absolute Gasteiger partial charge is 0.349 e. The van der Waals surface area contributed by atoms with Crippen LogP contribution < -0.4 is 11.1 Å². The fourth-order valence-electron chi connectivity index (χ4n) is 3.06. The smallest absolute Gasteiger partial charge is 0.225 e. The molecular formula is C17H26N2O. The number of nitrogens with one attached hydrogen (secondary N) is 1. The number of carbonyl (C=O) groups excluding carboxylic acids is 1. The topological polar surface area (TPSA) is 55.1 Å². The monoisotopic (exact) mass is 274 g/mol. The van der Waals surface area contributed by atoms with Crippen molar-refractivity contribution in [2.24, 2.45) is 11.7 Å². The van der Waals surface area contributed by atoms with Gasteiger partial charge in [-0.05, 0) is 24.8 Å². The molecule has 0 heterocycles. The average molecular weight is 274 g/mol. The molecule has 3 N–H and O–H groups in total. The van der Waals surface area contributed by atoms with Gasteiger partial charge in [0.1, 0.15) is 0 Å². The molecule has 0 radical (unpaired) electrons. The fourth-order valence-corrected chi connectivity index (χ4v) is 3.06. The number of hydrogen-bond acceptors (Lipinski definition) is 2. The minimum absolute atomic E-state index is 0.00758. The summed E-state index contributed by atoms with van der Waals surface area (Å²) in [5.74, 6) is 0.131. The molecule has 20 heavy (non-hydrogen) atoms. The van der Waals surface area contributed by atoms with E-state index in [9.17, 15) is 4.79 Å². The second-order valence-corrected chi connectivity index (χ2v) is 5.82. The summed E-state index contributed by atoms with van der Waals surface area (Å²) in [7, 11) is 0. The SMILES string of the molecule is CCCC(NC(=O)C1CCCCC1N)c1ccccc1. The summed E-state index contributed by atoms with van der Waals surface area (Å²) in [6, 6.07) is 10.4. The van der Waals surface area contributed by atoms with E-state index >= 15 is 0 Å². The van der Waals surface area contributed by atoms with Crippen molar-refractivity contribution in [1.82, 2.24) is 5.32 Å². The molecule has 1 aromatic rings. The van der Waals surface area contributed by atoms with Crippen molar-refractivity contribution in [1.29, 1.82) is 0 Å². The Balaban J connectivity index is 2.02. The molecule has 3 heteroatoms. The van der Waals surface area contributed by atoms with Crippen molar-refractivity contribution in [3.63, 3.8) is 0 Å². The van der Waals surface area contributed by atoms with Crippen LogP contribution in [0.25, 0.3) is 0 Å². The van der Waals surface area contributed by atoms with E-state index in [4.69, 9.17) is 5.73 Å². The van der Waals surface area contributed by atoms with Gasteiger partial charge < -0.3 is 11.1 Å². The summed E-state index contributed by atoms with van der Waals surface area (Å²) in [6.45, 7) is 2.15. The molecule has 0 saturated heterocycles. The molecule has 1 fully saturated rings. The number of nitrogens with two attached hydrogens (primary N) is 1. The summed E-state index contributed by atoms with van der Waals surface area (Å²) in [5.41, 5.74) is 7.29. The van der Waals surface area contributed by atoms with Crippen LogP contribution in [0.1, 0.15) is 57.1 Å². The lowest BCUT2D eigenvalue weighted by atomic mass is 9.84. The van der Waals surface area contributed by atoms with Crippen LogP contribution in [0.2, 0.25) is 0 Å². The Morgan fingerprint density at radius 3 is 2.65 bits per heavy atom. The number of benzene rings is 1. The molecule has 1 aromatic carbocycles. The van der Waals surface area contributed by atoms with Crippen LogP contribution in [-0.4, -0.2) is 11.9 Å². The molecule has 110 valence electrons. The Kier molecular flexibility index (Phi) is 5.60. The van der Waals surface area contributed by atoms with Crippen molar-refractivity contribution in [3.05, 3.63) is 35.9 Å². The van der Waals surface area contributed by atoms with Gasteiger partial charge in [0.25, 0.3) is 0 Å². The van der Waals surface area contributed by atoms with E-state index in [1.54, 1.807) is 0 Å². The van der Waals surface area contributed by atoms with Crippen LogP contribution in [-0.2, 0) is 4.79 Å². The second kappa shape index (κ2) is 7.44. The molecule has 0 bridgehead atoms. The number of carbonyl (C=O) groups is 1. The first kappa shape index (κ1) is 15.0. The van der Waals surface area contributed by atoms with E-state index in [-0.39, 0.29) is 23.9 Å². The number of rotatable bonds is 5. The van der Waals surface area contributed by atoms with Gasteiger partial charge in [-0.1, -0.05) is 56.5 Å². The van der Waals surface area contributed by atoms with Gasteiger partial charge in [0.05, 0.1) is 12.0 Å². The Labute approximate surface area is 121 Å². The molecule has 3 nitrogen and oxygen atoms in total. The minimum Gasteiger partial charge on any atom is -0.349 e. The standard InChI is InChI=1S/C17H26N2O/c1-2-8-16(13-9-4-3-5-10-13)19-17(20)14-11-6-7-12-15(14)18/h3-5,9-10,14-16H,2,6-8,11-12,18H2,1H3,(H,19,20). The van der Waals surface area contributed by atoms with Crippen LogP contribution >= 0.6 is 0 Å². The maximum absolute atomic E-state index is 12.5. The first-order valence-corrected chi connectivity index (χ1v) is 7.83. The van der Waals surface area contributed by atoms with Crippen molar-refractivity contribution in [3.8, 4) is 0 Å². The third kappa shape index (κ3) is 3.83. The predicted molar refractivity (Wildman–Crippen MR) is 82.2 cm³/mol. The Morgan fingerprint density at radius 1 is 1.30 bits per heavy atom. The van der Waals surface area contributed by atoms with E-state index in [2.05, 4.69) is 24.4 Å². The molecule has 0 spiro atoms. The lowest BCUT2D eigenvalue weighted by Crippen LogP contribution is -2.44. The summed E-state index contributed by atoms with van der Waals surface area (Å²) in [4.78, 5) is 12.5. The van der Waals surface area contributed by atoms with Crippen LogP contribution in [0.15, 0.2) is 30.3 Å². The van der Waals surface area contributed by atoms with Crippen molar-refractivity contribution < 1.29 is 4.79 Å². The maximum Gasteiger partial charge on any atom is 0.225 e. The molecule has 0 aliphatic heterocycles. The van der Waals surface area contributed by atoms with E-state index < -0.39 is 0 Å². The molecule has 1 aliphatic carbocycles. The quantitative estimate of drug-likeness (QED) is 0.866. The normalized spacial score (nSPS) is 24.1. The van der Waals surface area contributed by atoms with Crippen molar-refractivity contribution >= 4 is 5.91 Å². The predicted octanol–water partition coefficient (Wildman–Crippen LogP) is 3.16. The average Bonchev–Trinajstić information content (AvgIpc) is 2.48. The van der Waals surface area contributed by atoms with Gasteiger partial charge >= 0.3 is 0 Å². The maximum atomic E-state index is 12.5. The Hall–Kier alpha value is -1.35. The molecule has 3 unspecified atom stereocenters. The minimum atomic E-state index is -0.00758. The highest BCUT2D eigenvalue weighted by Gasteiger charge is 2.29. The summed E-state index contributed by atoms with van der Waals surface area (Å²) in [5, 5.41) is 3.22. The first-order chi connectivity index (χ1) is 9.72. The summed E-state index contributed by atoms with van der Waals surface area (Å²) >= 11 is 0. The highest BCUT2D eigenvalue weighted by Crippen LogP contribution is 2.25. The van der Waals surface area contributed by atoms with E-state index in [0.717, 1.165) is 38.5 Å². The lowest BCUT2D eigenvalue weighted by molar-refractivity contribution is -0.127. The molecule has 1 aliphatic rings. The third-order valence-electron chi connectivity index (χ3n) is 4.25. The van der Waals surface area contributed by atoms with Gasteiger partial charge in [0, 0.05) is 6.04 Å². The molecule has 3 atom stereocenters. The van der Waals surface area contributed by atoms with E-state index in [0.29, 0.717) is 0 Å². The Bertz CT molecular complexity index is 418. The summed E-state index contributed by atoms with van der Waals surface area (Å²) < 4.78 is 0. The zero-order valence-corrected chi connectivity index (χ0v) is 12.3. The summed E-state index contributed by atoms with van der Waals surface area (Å²) in [6.07, 6.45) is 6.20. The van der Waals surface area contributed by atoms with Gasteiger partial charge in [-0.2, -0.15) is 0 Å². The van der Waals surface area contributed by atoms with Crippen molar-refractivity contribution in [2.45, 2.75) is 57.5 Å². The van der Waals surface area contributed by atoms with Gasteiger partial charge in [0.15, 0.2) is 0 Å². The molecular weight excluding hydrogens is 248 g/mol. The van der Waals surface area contributed by atoms with Gasteiger partial charge in [-0.15, -0.1) is 0 Å². The van der Waals surface area contributed by atoms with Gasteiger partial charge in [-0.3, -0.25) is 4.79 Å². The Morgan fingerprint density at radius 2 is 2.00 bits per heavy atom. The van der Waals surface area contributed by atoms with Crippen LogP contribution in [0.5, 0.6) is 0 Å². The zero-order valence-electron chi connectivity index (χ0n) is 12.3. The zero-order chi connectivity index (χ0) is 14.4. The fraction of sp³-hybridized carbons (Fsp3) is 0.588. The highest BCUT2D eigenvalue weighted by atomic mass is 16.2. The van der Waals surface area contributed by atoms with Gasteiger partial charge in [0.2, 0.25) is 5.91 Å². The van der Waals surface area contributed by atoms with Crippen LogP contribution in [0.3, 0.4) is 0 Å². The van der Waals surface area contributed by atoms with E-state index in [1.807, 2.05) is 18.2 Å². The molecule has 0 aromatic heterocycles. The van der Waals surface area contributed by atoms with Crippen molar-refractivity contribution in [2.75, 3.05) is 0 Å². The number of amides is 1. The van der Waals surface area contributed by atoms with Crippen LogP contribution in [0, 0.1) is 5.92 Å². The van der Waals surface area contributed by atoms with E-state index in [1.165, 1.54) is 5.56 Å². The third-order valence-corrected chi connectivity index (χ3v) is 4.25. The lowest BCUT2D eigenvalue weighted by Gasteiger charge is -2.29. The second-order valence-electron chi connectivity index (χ2n) is 5.82. The molecule has 2 rings (SSSR count). The molecule has 1 saturated carbocycles.